The van der Waals surface area contributed by atoms with Crippen LogP contribution in [-0.2, 0) is 6.42 Å². The number of aromatic nitrogens is 3. The highest BCUT2D eigenvalue weighted by molar-refractivity contribution is 6.01. The number of para-hydroxylation sites is 1. The van der Waals surface area contributed by atoms with E-state index in [0.29, 0.717) is 30.0 Å². The Bertz CT molecular complexity index is 1020. The van der Waals surface area contributed by atoms with E-state index in [-0.39, 0.29) is 12.0 Å². The summed E-state index contributed by atoms with van der Waals surface area (Å²) in [7, 11) is 0. The summed E-state index contributed by atoms with van der Waals surface area (Å²) in [5.74, 6) is 0.890. The number of nitrogens with zero attached hydrogens (tertiary/aromatic N) is 4. The summed E-state index contributed by atoms with van der Waals surface area (Å²) < 4.78 is 7.85. The average molecular weight is 364 g/mol. The minimum atomic E-state index is -0.0244. The minimum Gasteiger partial charge on any atom is -0.486 e. The highest BCUT2D eigenvalue weighted by Gasteiger charge is 2.35. The molecule has 0 atom stereocenters. The molecule has 1 amide bonds. The Morgan fingerprint density at radius 1 is 1.22 bits per heavy atom. The lowest BCUT2D eigenvalue weighted by Crippen LogP contribution is -2.56. The van der Waals surface area contributed by atoms with Crippen molar-refractivity contribution in [2.45, 2.75) is 40.2 Å². The highest BCUT2D eigenvalue weighted by atomic mass is 16.5. The average Bonchev–Trinajstić information content (AvgIpc) is 2.94. The van der Waals surface area contributed by atoms with Crippen LogP contribution >= 0.6 is 0 Å². The Hall–Kier alpha value is -2.89. The van der Waals surface area contributed by atoms with Gasteiger partial charge in [-0.1, -0.05) is 25.1 Å². The van der Waals surface area contributed by atoms with Gasteiger partial charge in [0.15, 0.2) is 5.65 Å². The van der Waals surface area contributed by atoms with E-state index in [1.54, 1.807) is 4.52 Å². The SMILES string of the molecule is CCc1ccccc1OC1CN(C(=O)c2c(C)nn3c(C)cc(C)nc23)C1. The van der Waals surface area contributed by atoms with Crippen LogP contribution < -0.4 is 4.74 Å². The number of benzene rings is 1. The summed E-state index contributed by atoms with van der Waals surface area (Å²) in [6.45, 7) is 9.05. The molecule has 1 saturated heterocycles. The van der Waals surface area contributed by atoms with E-state index in [9.17, 15) is 4.79 Å². The lowest BCUT2D eigenvalue weighted by atomic mass is 10.1. The van der Waals surface area contributed by atoms with Crippen LogP contribution in [0.1, 0.15) is 39.9 Å². The van der Waals surface area contributed by atoms with Crippen LogP contribution in [0.3, 0.4) is 0 Å². The van der Waals surface area contributed by atoms with Gasteiger partial charge in [-0.3, -0.25) is 4.79 Å². The number of fused-ring (bicyclic) bond motifs is 1. The molecule has 2 aromatic heterocycles. The molecule has 1 fully saturated rings. The molecule has 1 aliphatic heterocycles. The third kappa shape index (κ3) is 3.05. The van der Waals surface area contributed by atoms with Crippen molar-refractivity contribution in [2.24, 2.45) is 0 Å². The van der Waals surface area contributed by atoms with Gasteiger partial charge in [0.05, 0.1) is 18.8 Å². The third-order valence-electron chi connectivity index (χ3n) is 5.07. The number of aryl methyl sites for hydroxylation is 4. The fourth-order valence-corrected chi connectivity index (χ4v) is 3.60. The number of carbonyl (C=O) groups excluding carboxylic acids is 1. The molecule has 6 nitrogen and oxygen atoms in total. The van der Waals surface area contributed by atoms with Gasteiger partial charge in [-0.25, -0.2) is 9.50 Å². The van der Waals surface area contributed by atoms with Crippen LogP contribution in [0.4, 0.5) is 0 Å². The smallest absolute Gasteiger partial charge is 0.259 e. The number of likely N-dealkylation sites (tertiary alicyclic amines) is 1. The molecule has 0 radical (unpaired) electrons. The van der Waals surface area contributed by atoms with E-state index in [0.717, 1.165) is 23.6 Å². The maximum atomic E-state index is 13.0. The summed E-state index contributed by atoms with van der Waals surface area (Å²) in [6.07, 6.45) is 0.956. The van der Waals surface area contributed by atoms with Crippen molar-refractivity contribution in [2.75, 3.05) is 13.1 Å². The molecule has 3 heterocycles. The second kappa shape index (κ2) is 6.68. The first-order valence-corrected chi connectivity index (χ1v) is 9.35. The second-order valence-electron chi connectivity index (χ2n) is 7.15. The van der Waals surface area contributed by atoms with Gasteiger partial charge in [-0.15, -0.1) is 0 Å². The van der Waals surface area contributed by atoms with Crippen molar-refractivity contribution < 1.29 is 9.53 Å². The molecular weight excluding hydrogens is 340 g/mol. The molecule has 4 rings (SSSR count). The van der Waals surface area contributed by atoms with Crippen molar-refractivity contribution in [3.63, 3.8) is 0 Å². The maximum absolute atomic E-state index is 13.0. The lowest BCUT2D eigenvalue weighted by Gasteiger charge is -2.39. The predicted octanol–water partition coefficient (Wildman–Crippen LogP) is 3.12. The lowest BCUT2D eigenvalue weighted by molar-refractivity contribution is 0.0175. The Balaban J connectivity index is 1.51. The van der Waals surface area contributed by atoms with Gasteiger partial charge in [-0.05, 0) is 44.9 Å². The second-order valence-corrected chi connectivity index (χ2v) is 7.15. The summed E-state index contributed by atoms with van der Waals surface area (Å²) in [5.41, 5.74) is 4.98. The molecule has 0 unspecified atom stereocenters. The Kier molecular flexibility index (Phi) is 4.34. The van der Waals surface area contributed by atoms with Gasteiger partial charge in [0.1, 0.15) is 17.4 Å². The minimum absolute atomic E-state index is 0.0244. The molecule has 0 N–H and O–H groups in total. The van der Waals surface area contributed by atoms with Crippen molar-refractivity contribution in [3.8, 4) is 5.75 Å². The first-order valence-electron chi connectivity index (χ1n) is 9.35. The monoisotopic (exact) mass is 364 g/mol. The normalized spacial score (nSPS) is 14.4. The number of rotatable bonds is 4. The molecule has 27 heavy (non-hydrogen) atoms. The zero-order chi connectivity index (χ0) is 19.1. The van der Waals surface area contributed by atoms with Crippen LogP contribution in [0, 0.1) is 20.8 Å². The van der Waals surface area contributed by atoms with Crippen LogP contribution in [0.2, 0.25) is 0 Å². The highest BCUT2D eigenvalue weighted by Crippen LogP contribution is 2.25. The van der Waals surface area contributed by atoms with E-state index >= 15 is 0 Å². The van der Waals surface area contributed by atoms with E-state index in [1.807, 2.05) is 49.9 Å². The summed E-state index contributed by atoms with van der Waals surface area (Å²) in [5, 5.41) is 4.50. The largest absolute Gasteiger partial charge is 0.486 e. The van der Waals surface area contributed by atoms with Gasteiger partial charge in [0.2, 0.25) is 0 Å². The van der Waals surface area contributed by atoms with Crippen molar-refractivity contribution in [1.29, 1.82) is 0 Å². The van der Waals surface area contributed by atoms with Gasteiger partial charge >= 0.3 is 0 Å². The van der Waals surface area contributed by atoms with Crippen molar-refractivity contribution >= 4 is 11.6 Å². The van der Waals surface area contributed by atoms with Gasteiger partial charge in [-0.2, -0.15) is 5.10 Å². The fourth-order valence-electron chi connectivity index (χ4n) is 3.60. The number of ether oxygens (including phenoxy) is 1. The molecule has 1 aromatic carbocycles. The molecule has 0 aliphatic carbocycles. The Labute approximate surface area is 158 Å². The quantitative estimate of drug-likeness (QED) is 0.714. The van der Waals surface area contributed by atoms with Crippen LogP contribution in [0.5, 0.6) is 5.75 Å². The molecule has 6 heteroatoms. The summed E-state index contributed by atoms with van der Waals surface area (Å²) in [4.78, 5) is 19.4. The van der Waals surface area contributed by atoms with E-state index in [1.165, 1.54) is 5.56 Å². The van der Waals surface area contributed by atoms with Crippen molar-refractivity contribution in [1.82, 2.24) is 19.5 Å². The summed E-state index contributed by atoms with van der Waals surface area (Å²) >= 11 is 0. The first kappa shape index (κ1) is 17.5. The Morgan fingerprint density at radius 3 is 2.70 bits per heavy atom. The molecule has 0 saturated carbocycles. The van der Waals surface area contributed by atoms with Gasteiger partial charge in [0, 0.05) is 11.4 Å². The maximum Gasteiger partial charge on any atom is 0.259 e. The topological polar surface area (TPSA) is 59.7 Å². The Morgan fingerprint density at radius 2 is 1.96 bits per heavy atom. The van der Waals surface area contributed by atoms with Gasteiger partial charge < -0.3 is 9.64 Å². The zero-order valence-corrected chi connectivity index (χ0v) is 16.2. The molecule has 3 aromatic rings. The standard InChI is InChI=1S/C21H24N4O2/c1-5-16-8-6-7-9-18(16)27-17-11-24(12-17)21(26)19-15(4)23-25-14(3)10-13(2)22-20(19)25/h6-10,17H,5,11-12H2,1-4H3. The summed E-state index contributed by atoms with van der Waals surface area (Å²) in [6, 6.07) is 10.0. The molecule has 1 aliphatic rings. The van der Waals surface area contributed by atoms with Crippen molar-refractivity contribution in [3.05, 3.63) is 58.5 Å². The number of amides is 1. The van der Waals surface area contributed by atoms with Crippen LogP contribution in [0.25, 0.3) is 5.65 Å². The van der Waals surface area contributed by atoms with Crippen LogP contribution in [0.15, 0.2) is 30.3 Å². The number of hydrogen-bond donors (Lipinski definition) is 0. The van der Waals surface area contributed by atoms with E-state index in [2.05, 4.69) is 23.1 Å². The predicted molar refractivity (Wildman–Crippen MR) is 103 cm³/mol. The third-order valence-corrected chi connectivity index (χ3v) is 5.07. The van der Waals surface area contributed by atoms with E-state index < -0.39 is 0 Å². The first-order chi connectivity index (χ1) is 13.0. The molecule has 140 valence electrons. The fraction of sp³-hybridized carbons (Fsp3) is 0.381. The van der Waals surface area contributed by atoms with E-state index in [4.69, 9.17) is 4.74 Å². The molecule has 0 bridgehead atoms. The zero-order valence-electron chi connectivity index (χ0n) is 16.2. The number of hydrogen-bond acceptors (Lipinski definition) is 4. The van der Waals surface area contributed by atoms with Gasteiger partial charge in [0.25, 0.3) is 5.91 Å². The van der Waals surface area contributed by atoms with Crippen LogP contribution in [-0.4, -0.2) is 44.6 Å². The number of carbonyl (C=O) groups is 1. The molecular formula is C21H24N4O2. The molecule has 0 spiro atoms.